The predicted octanol–water partition coefficient (Wildman–Crippen LogP) is 6.59. The summed E-state index contributed by atoms with van der Waals surface area (Å²) < 4.78 is 0. The number of rotatable bonds is 4. The van der Waals surface area contributed by atoms with Gasteiger partial charge >= 0.3 is 0 Å². The first kappa shape index (κ1) is 17.5. The molecule has 0 spiro atoms. The topological polar surface area (TPSA) is 45.5 Å². The molecule has 0 aliphatic carbocycles. The molecule has 0 unspecified atom stereocenters. The number of aliphatic imine (C=N–C) groups is 1. The first-order valence-electron chi connectivity index (χ1n) is 8.35. The molecule has 1 aromatic heterocycles. The maximum atomic E-state index is 9.91. The van der Waals surface area contributed by atoms with Crippen molar-refractivity contribution in [2.24, 2.45) is 4.99 Å². The molecule has 0 radical (unpaired) electrons. The van der Waals surface area contributed by atoms with Crippen molar-refractivity contribution in [2.45, 2.75) is 0 Å². The van der Waals surface area contributed by atoms with Gasteiger partial charge in [0.25, 0.3) is 0 Å². The maximum Gasteiger partial charge on any atom is 0.210 e. The second-order valence-corrected chi connectivity index (χ2v) is 7.28. The number of aromatic hydroxyl groups is 1. The Morgan fingerprint density at radius 2 is 1.56 bits per heavy atom. The van der Waals surface area contributed by atoms with Gasteiger partial charge in [0.2, 0.25) is 5.13 Å². The van der Waals surface area contributed by atoms with Crippen LogP contribution in [0.3, 0.4) is 0 Å². The monoisotopic (exact) mass is 390 g/mol. The quantitative estimate of drug-likeness (QED) is 0.399. The molecule has 4 aromatic rings. The Balaban J connectivity index is 1.78. The van der Waals surface area contributed by atoms with Crippen LogP contribution in [0.25, 0.3) is 21.7 Å². The summed E-state index contributed by atoms with van der Waals surface area (Å²) in [6.45, 7) is 0. The summed E-state index contributed by atoms with van der Waals surface area (Å²) in [4.78, 5) is 10.3. The van der Waals surface area contributed by atoms with Crippen LogP contribution < -0.4 is 0 Å². The molecule has 0 atom stereocenters. The smallest absolute Gasteiger partial charge is 0.210 e. The highest BCUT2D eigenvalue weighted by atomic mass is 35.5. The Morgan fingerprint density at radius 3 is 2.30 bits per heavy atom. The average molecular weight is 391 g/mol. The number of hydrogen-bond donors (Lipinski definition) is 1. The van der Waals surface area contributed by atoms with E-state index in [1.54, 1.807) is 18.3 Å². The number of phenolic OH excluding ortho intramolecular Hbond substituents is 1. The molecule has 0 saturated heterocycles. The van der Waals surface area contributed by atoms with Gasteiger partial charge in [0.1, 0.15) is 5.75 Å². The average Bonchev–Trinajstić information content (AvgIpc) is 3.13. The number of benzene rings is 3. The largest absolute Gasteiger partial charge is 0.507 e. The summed E-state index contributed by atoms with van der Waals surface area (Å²) in [6, 6.07) is 24.8. The standard InChI is InChI=1S/C22H15ClN2OS/c23-18-12-10-15(11-13-18)20-21(16-6-2-1-3-7-16)27-22(25-20)24-14-17-8-4-5-9-19(17)26/h1-14,26H. The van der Waals surface area contributed by atoms with E-state index in [1.165, 1.54) is 11.3 Å². The van der Waals surface area contributed by atoms with Gasteiger partial charge in [-0.15, -0.1) is 0 Å². The lowest BCUT2D eigenvalue weighted by Gasteiger charge is -2.02. The molecule has 1 heterocycles. The minimum atomic E-state index is 0.194. The molecule has 0 saturated carbocycles. The highest BCUT2D eigenvalue weighted by Crippen LogP contribution is 2.40. The highest BCUT2D eigenvalue weighted by Gasteiger charge is 2.14. The fourth-order valence-corrected chi connectivity index (χ4v) is 3.74. The van der Waals surface area contributed by atoms with Gasteiger partial charge in [-0.05, 0) is 29.8 Å². The van der Waals surface area contributed by atoms with E-state index in [0.717, 1.165) is 21.7 Å². The fraction of sp³-hybridized carbons (Fsp3) is 0. The fourth-order valence-electron chi connectivity index (χ4n) is 2.67. The zero-order valence-electron chi connectivity index (χ0n) is 14.2. The Labute approximate surface area is 166 Å². The summed E-state index contributed by atoms with van der Waals surface area (Å²) in [7, 11) is 0. The van der Waals surface area contributed by atoms with Gasteiger partial charge in [-0.2, -0.15) is 0 Å². The van der Waals surface area contributed by atoms with Crippen LogP contribution in [0.2, 0.25) is 5.02 Å². The third-order valence-corrected chi connectivity index (χ3v) is 5.28. The number of aromatic nitrogens is 1. The molecule has 0 aliphatic rings. The molecule has 0 fully saturated rings. The molecule has 4 rings (SSSR count). The zero-order chi connectivity index (χ0) is 18.6. The zero-order valence-corrected chi connectivity index (χ0v) is 15.8. The van der Waals surface area contributed by atoms with Gasteiger partial charge in [-0.1, -0.05) is 77.5 Å². The number of phenols is 1. The molecule has 0 aliphatic heterocycles. The number of para-hydroxylation sites is 1. The molecule has 3 nitrogen and oxygen atoms in total. The van der Waals surface area contributed by atoms with Crippen LogP contribution in [0.1, 0.15) is 5.56 Å². The normalized spacial score (nSPS) is 11.1. The van der Waals surface area contributed by atoms with Crippen LogP contribution in [0.15, 0.2) is 83.9 Å². The van der Waals surface area contributed by atoms with Crippen molar-refractivity contribution in [3.63, 3.8) is 0 Å². The Bertz CT molecular complexity index is 1090. The number of halogens is 1. The molecule has 0 amide bonds. The molecule has 1 N–H and O–H groups in total. The first-order valence-corrected chi connectivity index (χ1v) is 9.54. The van der Waals surface area contributed by atoms with Crippen LogP contribution >= 0.6 is 22.9 Å². The second-order valence-electron chi connectivity index (χ2n) is 5.86. The molecule has 0 bridgehead atoms. The molecule has 132 valence electrons. The van der Waals surface area contributed by atoms with Crippen molar-refractivity contribution in [1.82, 2.24) is 4.98 Å². The van der Waals surface area contributed by atoms with Gasteiger partial charge in [0.15, 0.2) is 0 Å². The lowest BCUT2D eigenvalue weighted by molar-refractivity contribution is 0.474. The van der Waals surface area contributed by atoms with E-state index >= 15 is 0 Å². The summed E-state index contributed by atoms with van der Waals surface area (Å²) in [6.07, 6.45) is 1.63. The summed E-state index contributed by atoms with van der Waals surface area (Å²) >= 11 is 7.54. The third-order valence-electron chi connectivity index (χ3n) is 4.02. The van der Waals surface area contributed by atoms with E-state index in [0.29, 0.717) is 15.7 Å². The number of hydrogen-bond acceptors (Lipinski definition) is 4. The lowest BCUT2D eigenvalue weighted by atomic mass is 10.1. The first-order chi connectivity index (χ1) is 13.2. The van der Waals surface area contributed by atoms with Gasteiger partial charge in [0, 0.05) is 22.4 Å². The van der Waals surface area contributed by atoms with Crippen LogP contribution in [-0.4, -0.2) is 16.3 Å². The summed E-state index contributed by atoms with van der Waals surface area (Å²) in [5.41, 5.74) is 3.59. The van der Waals surface area contributed by atoms with E-state index in [2.05, 4.69) is 17.1 Å². The van der Waals surface area contributed by atoms with Crippen LogP contribution in [-0.2, 0) is 0 Å². The van der Waals surface area contributed by atoms with Crippen molar-refractivity contribution < 1.29 is 5.11 Å². The van der Waals surface area contributed by atoms with E-state index in [9.17, 15) is 5.11 Å². The van der Waals surface area contributed by atoms with Crippen molar-refractivity contribution in [3.8, 4) is 27.4 Å². The van der Waals surface area contributed by atoms with Crippen LogP contribution in [0, 0.1) is 0 Å². The van der Waals surface area contributed by atoms with Crippen LogP contribution in [0.4, 0.5) is 5.13 Å². The minimum Gasteiger partial charge on any atom is -0.507 e. The van der Waals surface area contributed by atoms with Gasteiger partial charge in [-0.25, -0.2) is 9.98 Å². The van der Waals surface area contributed by atoms with Gasteiger partial charge in [-0.3, -0.25) is 0 Å². The molecule has 3 aromatic carbocycles. The second kappa shape index (κ2) is 7.74. The SMILES string of the molecule is Oc1ccccc1C=Nc1nc(-c2ccc(Cl)cc2)c(-c2ccccc2)s1. The summed E-state index contributed by atoms with van der Waals surface area (Å²) in [5, 5.41) is 11.2. The Kier molecular flexibility index (Phi) is 5.01. The predicted molar refractivity (Wildman–Crippen MR) is 113 cm³/mol. The molecule has 27 heavy (non-hydrogen) atoms. The molecule has 5 heteroatoms. The van der Waals surface area contributed by atoms with E-state index in [1.807, 2.05) is 54.6 Å². The third kappa shape index (κ3) is 3.92. The Hall–Kier alpha value is -2.95. The Morgan fingerprint density at radius 1 is 0.852 bits per heavy atom. The maximum absolute atomic E-state index is 9.91. The van der Waals surface area contributed by atoms with Crippen molar-refractivity contribution in [1.29, 1.82) is 0 Å². The van der Waals surface area contributed by atoms with E-state index < -0.39 is 0 Å². The number of nitrogens with zero attached hydrogens (tertiary/aromatic N) is 2. The van der Waals surface area contributed by atoms with Crippen molar-refractivity contribution in [2.75, 3.05) is 0 Å². The highest BCUT2D eigenvalue weighted by molar-refractivity contribution is 7.19. The van der Waals surface area contributed by atoms with Gasteiger partial charge in [0.05, 0.1) is 10.6 Å². The summed E-state index contributed by atoms with van der Waals surface area (Å²) in [5.74, 6) is 0.194. The van der Waals surface area contributed by atoms with E-state index in [-0.39, 0.29) is 5.75 Å². The van der Waals surface area contributed by atoms with Crippen molar-refractivity contribution in [3.05, 3.63) is 89.4 Å². The lowest BCUT2D eigenvalue weighted by Crippen LogP contribution is -1.82. The van der Waals surface area contributed by atoms with Gasteiger partial charge < -0.3 is 5.11 Å². The van der Waals surface area contributed by atoms with Crippen LogP contribution in [0.5, 0.6) is 5.75 Å². The van der Waals surface area contributed by atoms with Crippen molar-refractivity contribution >= 4 is 34.3 Å². The van der Waals surface area contributed by atoms with E-state index in [4.69, 9.17) is 16.6 Å². The molecular weight excluding hydrogens is 376 g/mol. The molecular formula is C22H15ClN2OS. The minimum absolute atomic E-state index is 0.194. The number of thiazole rings is 1.